The van der Waals surface area contributed by atoms with E-state index < -0.39 is 6.04 Å². The van der Waals surface area contributed by atoms with Gasteiger partial charge in [0, 0.05) is 23.1 Å². The third kappa shape index (κ3) is 2.99. The fraction of sp³-hybridized carbons (Fsp3) is 0.462. The minimum absolute atomic E-state index is 0.0234. The summed E-state index contributed by atoms with van der Waals surface area (Å²) in [5.74, 6) is 1.91. The molecule has 3 nitrogen and oxygen atoms in total. The first-order valence-electron chi connectivity index (χ1n) is 5.99. The number of halogens is 1. The zero-order valence-electron chi connectivity index (χ0n) is 10.3. The van der Waals surface area contributed by atoms with Crippen molar-refractivity contribution in [2.24, 2.45) is 5.73 Å². The first-order valence-corrected chi connectivity index (χ1v) is 7.52. The molecule has 2 atom stereocenters. The van der Waals surface area contributed by atoms with E-state index in [0.717, 1.165) is 23.6 Å². The van der Waals surface area contributed by atoms with E-state index in [1.54, 1.807) is 6.92 Å². The highest BCUT2D eigenvalue weighted by atomic mass is 35.5. The number of thioether (sulfide) groups is 1. The molecular formula is C13H17ClN2OS. The number of hydrogen-bond acceptors (Lipinski definition) is 3. The van der Waals surface area contributed by atoms with Crippen LogP contribution in [-0.4, -0.2) is 34.9 Å². The van der Waals surface area contributed by atoms with Crippen LogP contribution in [-0.2, 0) is 4.79 Å². The number of amides is 1. The largest absolute Gasteiger partial charge is 0.333 e. The van der Waals surface area contributed by atoms with Gasteiger partial charge >= 0.3 is 0 Å². The molecule has 0 aliphatic carbocycles. The fourth-order valence-electron chi connectivity index (χ4n) is 2.09. The Hall–Kier alpha value is -0.710. The van der Waals surface area contributed by atoms with Gasteiger partial charge in [-0.1, -0.05) is 23.7 Å². The highest BCUT2D eigenvalue weighted by Crippen LogP contribution is 2.30. The van der Waals surface area contributed by atoms with Crippen LogP contribution >= 0.6 is 23.4 Å². The Kier molecular flexibility index (Phi) is 4.54. The van der Waals surface area contributed by atoms with Gasteiger partial charge in [-0.2, -0.15) is 11.8 Å². The lowest BCUT2D eigenvalue weighted by atomic mass is 10.1. The summed E-state index contributed by atoms with van der Waals surface area (Å²) in [7, 11) is 0. The number of carbonyl (C=O) groups is 1. The molecule has 0 bridgehead atoms. The number of nitrogens with two attached hydrogens (primary N) is 1. The van der Waals surface area contributed by atoms with E-state index in [4.69, 9.17) is 17.3 Å². The highest BCUT2D eigenvalue weighted by Gasteiger charge is 2.29. The third-order valence-electron chi connectivity index (χ3n) is 3.06. The lowest BCUT2D eigenvalue weighted by Gasteiger charge is -2.36. The Balaban J connectivity index is 2.22. The van der Waals surface area contributed by atoms with E-state index in [9.17, 15) is 4.79 Å². The minimum atomic E-state index is -0.442. The summed E-state index contributed by atoms with van der Waals surface area (Å²) in [5.41, 5.74) is 6.84. The van der Waals surface area contributed by atoms with Crippen molar-refractivity contribution in [2.75, 3.05) is 18.1 Å². The van der Waals surface area contributed by atoms with E-state index in [0.29, 0.717) is 5.02 Å². The summed E-state index contributed by atoms with van der Waals surface area (Å²) in [5, 5.41) is 0.715. The van der Waals surface area contributed by atoms with Gasteiger partial charge in [0.2, 0.25) is 5.91 Å². The third-order valence-corrected chi connectivity index (χ3v) is 4.33. The van der Waals surface area contributed by atoms with Crippen molar-refractivity contribution in [3.05, 3.63) is 34.9 Å². The van der Waals surface area contributed by atoms with Crippen molar-refractivity contribution >= 4 is 29.3 Å². The molecule has 5 heteroatoms. The standard InChI is InChI=1S/C13H17ClN2OS/c1-9(15)13(17)16-6-7-18-8-12(16)10-2-4-11(14)5-3-10/h2-5,9,12H,6-8,15H2,1H3/t9-,12?/m0/s1. The Morgan fingerprint density at radius 3 is 2.78 bits per heavy atom. The van der Waals surface area contributed by atoms with Crippen LogP contribution in [0.2, 0.25) is 5.02 Å². The van der Waals surface area contributed by atoms with E-state index in [2.05, 4.69) is 0 Å². The van der Waals surface area contributed by atoms with E-state index in [1.807, 2.05) is 40.9 Å². The molecule has 1 aromatic carbocycles. The molecule has 1 saturated heterocycles. The monoisotopic (exact) mass is 284 g/mol. The van der Waals surface area contributed by atoms with Gasteiger partial charge in [-0.3, -0.25) is 4.79 Å². The summed E-state index contributed by atoms with van der Waals surface area (Å²) in [6, 6.07) is 7.37. The molecule has 1 unspecified atom stereocenters. The molecule has 2 N–H and O–H groups in total. The molecular weight excluding hydrogens is 268 g/mol. The first-order chi connectivity index (χ1) is 8.59. The number of benzene rings is 1. The number of carbonyl (C=O) groups excluding carboxylic acids is 1. The number of hydrogen-bond donors (Lipinski definition) is 1. The van der Waals surface area contributed by atoms with Crippen LogP contribution in [0.1, 0.15) is 18.5 Å². The second kappa shape index (κ2) is 5.95. The molecule has 2 rings (SSSR count). The van der Waals surface area contributed by atoms with Crippen LogP contribution in [0.3, 0.4) is 0 Å². The van der Waals surface area contributed by atoms with Crippen LogP contribution in [0.4, 0.5) is 0 Å². The van der Waals surface area contributed by atoms with Gasteiger partial charge in [0.15, 0.2) is 0 Å². The van der Waals surface area contributed by atoms with Crippen molar-refractivity contribution in [3.8, 4) is 0 Å². The molecule has 0 spiro atoms. The second-order valence-electron chi connectivity index (χ2n) is 4.46. The number of rotatable bonds is 2. The lowest BCUT2D eigenvalue weighted by molar-refractivity contribution is -0.134. The van der Waals surface area contributed by atoms with E-state index >= 15 is 0 Å². The Morgan fingerprint density at radius 1 is 1.50 bits per heavy atom. The van der Waals surface area contributed by atoms with Crippen LogP contribution in [0, 0.1) is 0 Å². The molecule has 0 aromatic heterocycles. The zero-order chi connectivity index (χ0) is 13.1. The molecule has 98 valence electrons. The molecule has 1 heterocycles. The SMILES string of the molecule is C[C@H](N)C(=O)N1CCSCC1c1ccc(Cl)cc1. The Morgan fingerprint density at radius 2 is 2.17 bits per heavy atom. The van der Waals surface area contributed by atoms with Gasteiger partial charge in [-0.15, -0.1) is 0 Å². The summed E-state index contributed by atoms with van der Waals surface area (Å²) in [6.45, 7) is 2.50. The van der Waals surface area contributed by atoms with Gasteiger partial charge in [-0.25, -0.2) is 0 Å². The smallest absolute Gasteiger partial charge is 0.239 e. The molecule has 1 aliphatic rings. The molecule has 18 heavy (non-hydrogen) atoms. The van der Waals surface area contributed by atoms with Gasteiger partial charge < -0.3 is 10.6 Å². The molecule has 1 aliphatic heterocycles. The van der Waals surface area contributed by atoms with Crippen molar-refractivity contribution in [1.29, 1.82) is 0 Å². The van der Waals surface area contributed by atoms with Crippen LogP contribution in [0.25, 0.3) is 0 Å². The maximum absolute atomic E-state index is 12.1. The molecule has 1 amide bonds. The normalized spacial score (nSPS) is 21.7. The van der Waals surface area contributed by atoms with Crippen LogP contribution in [0.15, 0.2) is 24.3 Å². The molecule has 0 saturated carbocycles. The predicted molar refractivity (Wildman–Crippen MR) is 76.9 cm³/mol. The Bertz CT molecular complexity index is 422. The maximum Gasteiger partial charge on any atom is 0.239 e. The quantitative estimate of drug-likeness (QED) is 0.906. The predicted octanol–water partition coefficient (Wildman–Crippen LogP) is 2.30. The average molecular weight is 285 g/mol. The van der Waals surface area contributed by atoms with Crippen molar-refractivity contribution in [3.63, 3.8) is 0 Å². The van der Waals surface area contributed by atoms with Crippen molar-refractivity contribution in [1.82, 2.24) is 4.90 Å². The Labute approximate surface area is 117 Å². The van der Waals surface area contributed by atoms with Crippen LogP contribution in [0.5, 0.6) is 0 Å². The van der Waals surface area contributed by atoms with Gasteiger partial charge in [0.05, 0.1) is 12.1 Å². The number of nitrogens with zero attached hydrogens (tertiary/aromatic N) is 1. The zero-order valence-corrected chi connectivity index (χ0v) is 11.9. The van der Waals surface area contributed by atoms with Gasteiger partial charge in [0.25, 0.3) is 0 Å². The van der Waals surface area contributed by atoms with Gasteiger partial charge in [0.1, 0.15) is 0 Å². The summed E-state index contributed by atoms with van der Waals surface area (Å²) >= 11 is 7.76. The summed E-state index contributed by atoms with van der Waals surface area (Å²) < 4.78 is 0. The van der Waals surface area contributed by atoms with Crippen molar-refractivity contribution in [2.45, 2.75) is 19.0 Å². The van der Waals surface area contributed by atoms with Crippen molar-refractivity contribution < 1.29 is 4.79 Å². The minimum Gasteiger partial charge on any atom is -0.333 e. The van der Waals surface area contributed by atoms with Gasteiger partial charge in [-0.05, 0) is 24.6 Å². The second-order valence-corrected chi connectivity index (χ2v) is 6.05. The lowest BCUT2D eigenvalue weighted by Crippen LogP contribution is -2.47. The topological polar surface area (TPSA) is 46.3 Å². The molecule has 1 aromatic rings. The summed E-state index contributed by atoms with van der Waals surface area (Å²) in [6.07, 6.45) is 0. The average Bonchev–Trinajstić information content (AvgIpc) is 2.39. The molecule has 0 radical (unpaired) electrons. The maximum atomic E-state index is 12.1. The fourth-order valence-corrected chi connectivity index (χ4v) is 3.30. The molecule has 1 fully saturated rings. The first kappa shape index (κ1) is 13.7. The summed E-state index contributed by atoms with van der Waals surface area (Å²) in [4.78, 5) is 14.0. The highest BCUT2D eigenvalue weighted by molar-refractivity contribution is 7.99. The van der Waals surface area contributed by atoms with E-state index in [1.165, 1.54) is 0 Å². The van der Waals surface area contributed by atoms with E-state index in [-0.39, 0.29) is 11.9 Å². The van der Waals surface area contributed by atoms with Crippen LogP contribution < -0.4 is 5.73 Å².